The largest absolute Gasteiger partial charge is 0.382 e. The monoisotopic (exact) mass is 448 g/mol. The Kier molecular flexibility index (Phi) is 8.79. The molecule has 3 N–H and O–H groups in total. The Morgan fingerprint density at radius 1 is 1.32 bits per heavy atom. The molecular weight excluding hydrogens is 420 g/mol. The third kappa shape index (κ3) is 6.53. The van der Waals surface area contributed by atoms with E-state index in [1.807, 2.05) is 25.1 Å². The molecule has 1 aliphatic heterocycles. The normalized spacial score (nSPS) is 14.2. The van der Waals surface area contributed by atoms with Crippen molar-refractivity contribution < 1.29 is 4.79 Å². The molecule has 0 unspecified atom stereocenters. The summed E-state index contributed by atoms with van der Waals surface area (Å²) in [6.45, 7) is 9.53. The number of aryl methyl sites for hydroxylation is 1. The molecule has 28 heavy (non-hydrogen) atoms. The summed E-state index contributed by atoms with van der Waals surface area (Å²) in [6, 6.07) is 5.73. The number of halogens is 1. The summed E-state index contributed by atoms with van der Waals surface area (Å²) in [5, 5.41) is 2.83. The highest BCUT2D eigenvalue weighted by molar-refractivity contribution is 9.10. The summed E-state index contributed by atoms with van der Waals surface area (Å²) in [7, 11) is 0. The molecule has 0 spiro atoms. The highest BCUT2D eigenvalue weighted by Gasteiger charge is 2.20. The summed E-state index contributed by atoms with van der Waals surface area (Å²) in [6.07, 6.45) is 2.36. The van der Waals surface area contributed by atoms with Crippen molar-refractivity contribution in [2.75, 3.05) is 26.3 Å². The van der Waals surface area contributed by atoms with Crippen molar-refractivity contribution >= 4 is 44.9 Å². The molecule has 0 saturated carbocycles. The lowest BCUT2D eigenvalue weighted by atomic mass is 10.2. The Bertz CT molecular complexity index is 787. The van der Waals surface area contributed by atoms with Gasteiger partial charge in [-0.1, -0.05) is 35.8 Å². The van der Waals surface area contributed by atoms with Gasteiger partial charge in [0.2, 0.25) is 5.91 Å². The Hall–Kier alpha value is -2.06. The molecule has 0 atom stereocenters. The number of carbonyl (C=O) groups excluding carboxylic acids is 1. The number of nitrogens with one attached hydrogen (secondary N) is 1. The molecular formula is C20H29BrN6O. The number of amides is 1. The maximum absolute atomic E-state index is 12.3. The van der Waals surface area contributed by atoms with Gasteiger partial charge in [-0.25, -0.2) is 9.98 Å². The van der Waals surface area contributed by atoms with E-state index in [1.54, 1.807) is 0 Å². The molecule has 1 aromatic carbocycles. The first-order chi connectivity index (χ1) is 13.4. The van der Waals surface area contributed by atoms with Crippen molar-refractivity contribution in [3.8, 4) is 0 Å². The molecule has 2 rings (SSSR count). The maximum atomic E-state index is 12.3. The average molecular weight is 449 g/mol. The molecule has 0 aromatic heterocycles. The van der Waals surface area contributed by atoms with Crippen molar-refractivity contribution in [2.45, 2.75) is 40.0 Å². The summed E-state index contributed by atoms with van der Waals surface area (Å²) in [5.41, 5.74) is 8.39. The van der Waals surface area contributed by atoms with Crippen LogP contribution in [0.1, 0.15) is 38.7 Å². The number of nitrogens with two attached hydrogens (primary N) is 1. The zero-order valence-electron chi connectivity index (χ0n) is 16.8. The predicted molar refractivity (Wildman–Crippen MR) is 120 cm³/mol. The minimum atomic E-state index is -0.0771. The lowest BCUT2D eigenvalue weighted by Gasteiger charge is -2.19. The summed E-state index contributed by atoms with van der Waals surface area (Å²) >= 11 is 3.49. The number of carbonyl (C=O) groups is 1. The van der Waals surface area contributed by atoms with Crippen molar-refractivity contribution in [1.82, 2.24) is 10.2 Å². The number of hydrogen-bond acceptors (Lipinski definition) is 5. The Morgan fingerprint density at radius 3 is 2.79 bits per heavy atom. The minimum absolute atomic E-state index is 0.0771. The van der Waals surface area contributed by atoms with Gasteiger partial charge in [0.25, 0.3) is 0 Å². The van der Waals surface area contributed by atoms with E-state index in [9.17, 15) is 4.79 Å². The van der Waals surface area contributed by atoms with Crippen molar-refractivity contribution in [1.29, 1.82) is 0 Å². The highest BCUT2D eigenvalue weighted by Crippen LogP contribution is 2.22. The molecule has 0 fully saturated rings. The Morgan fingerprint density at radius 2 is 2.11 bits per heavy atom. The average Bonchev–Trinajstić information content (AvgIpc) is 3.12. The van der Waals surface area contributed by atoms with Crippen LogP contribution in [0.2, 0.25) is 0 Å². The lowest BCUT2D eigenvalue weighted by molar-refractivity contribution is -0.119. The van der Waals surface area contributed by atoms with Crippen molar-refractivity contribution in [3.63, 3.8) is 0 Å². The van der Waals surface area contributed by atoms with Gasteiger partial charge in [-0.3, -0.25) is 9.79 Å². The van der Waals surface area contributed by atoms with E-state index in [4.69, 9.17) is 5.73 Å². The first-order valence-electron chi connectivity index (χ1n) is 9.66. The third-order valence-corrected chi connectivity index (χ3v) is 5.31. The minimum Gasteiger partial charge on any atom is -0.382 e. The Labute approximate surface area is 175 Å². The third-order valence-electron chi connectivity index (χ3n) is 4.45. The Balaban J connectivity index is 1.92. The molecule has 8 heteroatoms. The van der Waals surface area contributed by atoms with Crippen LogP contribution in [0, 0.1) is 6.92 Å². The fraction of sp³-hybridized carbons (Fsp3) is 0.500. The molecule has 7 nitrogen and oxygen atoms in total. The highest BCUT2D eigenvalue weighted by atomic mass is 79.9. The second-order valence-corrected chi connectivity index (χ2v) is 7.53. The van der Waals surface area contributed by atoms with Gasteiger partial charge in [0.05, 0.1) is 5.69 Å². The van der Waals surface area contributed by atoms with Crippen LogP contribution in [0.25, 0.3) is 0 Å². The molecule has 152 valence electrons. The van der Waals surface area contributed by atoms with Crippen LogP contribution in [0.15, 0.2) is 37.6 Å². The van der Waals surface area contributed by atoms with Gasteiger partial charge in [0.1, 0.15) is 12.4 Å². The standard InChI is InChI=1S/C20H29BrN6O/c1-4-10-27(5-2)11-6-7-17(28)26-20-18(23-13-24-20)19(22)25-15-9-8-14(3)16(21)12-15/h8-9,12H,4-7,10-11,13H2,1-3H3,(H2,22,25)(H,24,26,28). The van der Waals surface area contributed by atoms with E-state index in [-0.39, 0.29) is 18.4 Å². The van der Waals surface area contributed by atoms with Crippen LogP contribution >= 0.6 is 15.9 Å². The molecule has 0 saturated heterocycles. The van der Waals surface area contributed by atoms with Gasteiger partial charge in [-0.15, -0.1) is 0 Å². The second-order valence-electron chi connectivity index (χ2n) is 6.67. The number of amidine groups is 2. The maximum Gasteiger partial charge on any atom is 0.225 e. The van der Waals surface area contributed by atoms with Gasteiger partial charge >= 0.3 is 0 Å². The molecule has 1 heterocycles. The van der Waals surface area contributed by atoms with Crippen LogP contribution in [-0.4, -0.2) is 54.5 Å². The fourth-order valence-corrected chi connectivity index (χ4v) is 3.24. The van der Waals surface area contributed by atoms with Gasteiger partial charge in [-0.2, -0.15) is 0 Å². The molecule has 0 radical (unpaired) electrons. The van der Waals surface area contributed by atoms with Crippen LogP contribution in [-0.2, 0) is 4.79 Å². The van der Waals surface area contributed by atoms with Gasteiger partial charge in [0, 0.05) is 10.9 Å². The zero-order valence-corrected chi connectivity index (χ0v) is 18.4. The summed E-state index contributed by atoms with van der Waals surface area (Å²) < 4.78 is 0.960. The van der Waals surface area contributed by atoms with Crippen LogP contribution in [0.4, 0.5) is 5.69 Å². The summed E-state index contributed by atoms with van der Waals surface area (Å²) in [4.78, 5) is 27.6. The molecule has 0 aliphatic carbocycles. The van der Waals surface area contributed by atoms with Gasteiger partial charge in [0.15, 0.2) is 11.7 Å². The lowest BCUT2D eigenvalue weighted by Crippen LogP contribution is -2.41. The smallest absolute Gasteiger partial charge is 0.225 e. The van der Waals surface area contributed by atoms with Crippen LogP contribution in [0.5, 0.6) is 0 Å². The number of nitrogens with zero attached hydrogens (tertiary/aromatic N) is 4. The van der Waals surface area contributed by atoms with E-state index in [0.29, 0.717) is 23.7 Å². The van der Waals surface area contributed by atoms with Crippen LogP contribution < -0.4 is 11.1 Å². The van der Waals surface area contributed by atoms with Crippen molar-refractivity contribution in [3.05, 3.63) is 28.2 Å². The predicted octanol–water partition coefficient (Wildman–Crippen LogP) is 3.19. The molecule has 1 aromatic rings. The number of benzene rings is 1. The van der Waals surface area contributed by atoms with E-state index < -0.39 is 0 Å². The topological polar surface area (TPSA) is 95.4 Å². The number of aliphatic imine (C=N–C) groups is 3. The fourth-order valence-electron chi connectivity index (χ4n) is 2.87. The SMILES string of the molecule is CCCN(CC)CCCC(=O)NC1=NCN=C1C(N)=Nc1ccc(C)c(Br)c1. The molecule has 1 aliphatic rings. The van der Waals surface area contributed by atoms with Gasteiger partial charge in [-0.05, 0) is 57.1 Å². The molecule has 0 bridgehead atoms. The van der Waals surface area contributed by atoms with E-state index in [0.717, 1.165) is 42.5 Å². The number of hydrogen-bond donors (Lipinski definition) is 2. The van der Waals surface area contributed by atoms with E-state index in [2.05, 4.69) is 55.0 Å². The van der Waals surface area contributed by atoms with E-state index >= 15 is 0 Å². The first kappa shape index (κ1) is 22.2. The quantitative estimate of drug-likeness (QED) is 0.448. The summed E-state index contributed by atoms with van der Waals surface area (Å²) in [5.74, 6) is 0.567. The molecule has 1 amide bonds. The first-order valence-corrected chi connectivity index (χ1v) is 10.5. The number of rotatable bonds is 9. The zero-order chi connectivity index (χ0) is 20.5. The second kappa shape index (κ2) is 11.1. The van der Waals surface area contributed by atoms with Gasteiger partial charge < -0.3 is 16.0 Å². The van der Waals surface area contributed by atoms with Crippen LogP contribution in [0.3, 0.4) is 0 Å². The van der Waals surface area contributed by atoms with E-state index in [1.165, 1.54) is 0 Å². The van der Waals surface area contributed by atoms with Crippen molar-refractivity contribution in [2.24, 2.45) is 20.7 Å².